The number of rotatable bonds is 5. The fourth-order valence-corrected chi connectivity index (χ4v) is 3.29. The maximum atomic E-state index is 12.3. The zero-order valence-corrected chi connectivity index (χ0v) is 15.4. The minimum atomic E-state index is -0.283. The maximum absolute atomic E-state index is 12.3. The maximum Gasteiger partial charge on any atom is 0.255 e. The molecule has 0 bridgehead atoms. The number of carbonyl (C=O) groups excluding carboxylic acids is 2. The second-order valence-electron chi connectivity index (χ2n) is 5.81. The summed E-state index contributed by atoms with van der Waals surface area (Å²) in [5.74, 6) is -0.0653. The van der Waals surface area contributed by atoms with E-state index in [4.69, 9.17) is 0 Å². The van der Waals surface area contributed by atoms with Crippen LogP contribution in [0.3, 0.4) is 0 Å². The van der Waals surface area contributed by atoms with E-state index in [-0.39, 0.29) is 24.0 Å². The van der Waals surface area contributed by atoms with E-state index >= 15 is 0 Å². The largest absolute Gasteiger partial charge is 0.312 e. The second kappa shape index (κ2) is 8.01. The number of nitrogens with one attached hydrogen (secondary N) is 1. The van der Waals surface area contributed by atoms with Gasteiger partial charge in [-0.25, -0.2) is 0 Å². The van der Waals surface area contributed by atoms with Crippen LogP contribution in [0.15, 0.2) is 70.9 Å². The van der Waals surface area contributed by atoms with Crippen LogP contribution in [0.2, 0.25) is 0 Å². The Labute approximate surface area is 164 Å². The summed E-state index contributed by atoms with van der Waals surface area (Å²) in [4.78, 5) is 24.4. The molecule has 1 aromatic heterocycles. The number of nitrogens with zero attached hydrogens (tertiary/aromatic N) is 6. The van der Waals surface area contributed by atoms with Gasteiger partial charge in [-0.15, -0.1) is 5.10 Å². The van der Waals surface area contributed by atoms with Crippen molar-refractivity contribution in [1.29, 1.82) is 0 Å². The summed E-state index contributed by atoms with van der Waals surface area (Å²) < 4.78 is 1.56. The molecule has 0 saturated carbocycles. The van der Waals surface area contributed by atoms with Crippen molar-refractivity contribution in [2.24, 2.45) is 5.10 Å². The van der Waals surface area contributed by atoms with E-state index < -0.39 is 0 Å². The van der Waals surface area contributed by atoms with Gasteiger partial charge in [0.25, 0.3) is 5.91 Å². The zero-order valence-electron chi connectivity index (χ0n) is 14.6. The van der Waals surface area contributed by atoms with Crippen molar-refractivity contribution in [2.45, 2.75) is 11.6 Å². The molecule has 1 aliphatic rings. The zero-order chi connectivity index (χ0) is 19.3. The van der Waals surface area contributed by atoms with E-state index in [1.807, 2.05) is 48.5 Å². The molecule has 9 nitrogen and oxygen atoms in total. The van der Waals surface area contributed by atoms with Crippen LogP contribution in [0.1, 0.15) is 6.42 Å². The van der Waals surface area contributed by atoms with Gasteiger partial charge in [0.05, 0.1) is 23.5 Å². The number of anilines is 1. The molecule has 28 heavy (non-hydrogen) atoms. The Morgan fingerprint density at radius 2 is 1.71 bits per heavy atom. The molecule has 2 heterocycles. The van der Waals surface area contributed by atoms with Crippen molar-refractivity contribution < 1.29 is 9.59 Å². The van der Waals surface area contributed by atoms with Crippen LogP contribution in [0.25, 0.3) is 5.69 Å². The second-order valence-corrected chi connectivity index (χ2v) is 6.75. The smallest absolute Gasteiger partial charge is 0.255 e. The van der Waals surface area contributed by atoms with Crippen LogP contribution in [0, 0.1) is 0 Å². The van der Waals surface area contributed by atoms with Crippen molar-refractivity contribution in [3.8, 4) is 5.69 Å². The van der Waals surface area contributed by atoms with Gasteiger partial charge < -0.3 is 5.32 Å². The Bertz CT molecular complexity index is 1020. The SMILES string of the molecule is O=C(CSc1nnnn1-c1ccccc1)NC1=NN(c2ccccc2)C(=O)C1. The van der Waals surface area contributed by atoms with Crippen LogP contribution >= 0.6 is 11.8 Å². The molecule has 1 aliphatic heterocycles. The first-order valence-electron chi connectivity index (χ1n) is 8.42. The fraction of sp³-hybridized carbons (Fsp3) is 0.111. The average molecular weight is 393 g/mol. The van der Waals surface area contributed by atoms with Crippen molar-refractivity contribution in [3.63, 3.8) is 0 Å². The molecule has 4 rings (SSSR count). The first-order valence-corrected chi connectivity index (χ1v) is 9.41. The quantitative estimate of drug-likeness (QED) is 0.661. The number of amidine groups is 1. The van der Waals surface area contributed by atoms with Crippen molar-refractivity contribution in [2.75, 3.05) is 10.8 Å². The lowest BCUT2D eigenvalue weighted by Crippen LogP contribution is -2.31. The Balaban J connectivity index is 1.37. The van der Waals surface area contributed by atoms with Crippen LogP contribution in [0.5, 0.6) is 0 Å². The molecular weight excluding hydrogens is 378 g/mol. The molecule has 3 aromatic rings. The van der Waals surface area contributed by atoms with Gasteiger partial charge >= 0.3 is 0 Å². The monoisotopic (exact) mass is 393 g/mol. The number of aromatic nitrogens is 4. The minimum Gasteiger partial charge on any atom is -0.312 e. The van der Waals surface area contributed by atoms with E-state index in [9.17, 15) is 9.59 Å². The van der Waals surface area contributed by atoms with Gasteiger partial charge in [0.15, 0.2) is 0 Å². The molecule has 2 aromatic carbocycles. The highest BCUT2D eigenvalue weighted by molar-refractivity contribution is 7.99. The lowest BCUT2D eigenvalue weighted by molar-refractivity contribution is -0.117. The first kappa shape index (κ1) is 17.9. The van der Waals surface area contributed by atoms with E-state index in [0.29, 0.717) is 16.7 Å². The third-order valence-corrected chi connectivity index (χ3v) is 4.75. The van der Waals surface area contributed by atoms with Gasteiger partial charge in [0.1, 0.15) is 5.84 Å². The van der Waals surface area contributed by atoms with E-state index in [2.05, 4.69) is 25.9 Å². The molecule has 0 unspecified atom stereocenters. The highest BCUT2D eigenvalue weighted by atomic mass is 32.2. The third kappa shape index (κ3) is 3.91. The van der Waals surface area contributed by atoms with Crippen molar-refractivity contribution in [3.05, 3.63) is 60.7 Å². The number of tetrazole rings is 1. The summed E-state index contributed by atoms with van der Waals surface area (Å²) in [5.41, 5.74) is 1.47. The minimum absolute atomic E-state index is 0.0487. The number of hydrogen-bond donors (Lipinski definition) is 1. The van der Waals surface area contributed by atoms with Crippen molar-refractivity contribution in [1.82, 2.24) is 25.5 Å². The van der Waals surface area contributed by atoms with E-state index in [1.165, 1.54) is 16.8 Å². The van der Waals surface area contributed by atoms with Gasteiger partial charge in [0.2, 0.25) is 11.1 Å². The molecule has 0 fully saturated rings. The number of carbonyl (C=O) groups is 2. The average Bonchev–Trinajstić information content (AvgIpc) is 3.34. The standard InChI is InChI=1S/C18H15N7O2S/c26-16(12-28-18-20-22-23-25(18)14-9-5-2-6-10-14)19-15-11-17(27)24(21-15)13-7-3-1-4-8-13/h1-10H,11-12H2,(H,19,21,26). The number of hydrazone groups is 1. The Morgan fingerprint density at radius 1 is 1.04 bits per heavy atom. The fourth-order valence-electron chi connectivity index (χ4n) is 2.60. The Hall–Kier alpha value is -3.53. The number of amides is 2. The Morgan fingerprint density at radius 3 is 2.43 bits per heavy atom. The van der Waals surface area contributed by atoms with Gasteiger partial charge in [-0.2, -0.15) is 14.8 Å². The Kier molecular flexibility index (Phi) is 5.11. The van der Waals surface area contributed by atoms with Gasteiger partial charge in [-0.1, -0.05) is 48.2 Å². The van der Waals surface area contributed by atoms with Crippen LogP contribution in [-0.2, 0) is 9.59 Å². The highest BCUT2D eigenvalue weighted by Crippen LogP contribution is 2.20. The van der Waals surface area contributed by atoms with Gasteiger partial charge in [-0.05, 0) is 34.7 Å². The molecule has 0 spiro atoms. The molecule has 1 N–H and O–H groups in total. The number of hydrogen-bond acceptors (Lipinski definition) is 7. The van der Waals surface area contributed by atoms with Gasteiger partial charge in [-0.3, -0.25) is 9.59 Å². The van der Waals surface area contributed by atoms with Gasteiger partial charge in [0, 0.05) is 0 Å². The third-order valence-electron chi connectivity index (χ3n) is 3.83. The summed E-state index contributed by atoms with van der Waals surface area (Å²) in [6.45, 7) is 0. The number of benzene rings is 2. The summed E-state index contributed by atoms with van der Waals surface area (Å²) in [5, 5.41) is 20.2. The number of para-hydroxylation sites is 2. The molecule has 2 amide bonds. The summed E-state index contributed by atoms with van der Waals surface area (Å²) >= 11 is 1.20. The molecule has 140 valence electrons. The summed E-state index contributed by atoms with van der Waals surface area (Å²) in [6.07, 6.45) is 0.0487. The lowest BCUT2D eigenvalue weighted by Gasteiger charge is -2.10. The predicted molar refractivity (Wildman–Crippen MR) is 104 cm³/mol. The van der Waals surface area contributed by atoms with E-state index in [0.717, 1.165) is 5.69 Å². The molecular formula is C18H15N7O2S. The molecule has 0 atom stereocenters. The first-order chi connectivity index (χ1) is 13.7. The van der Waals surface area contributed by atoms with Crippen LogP contribution in [0.4, 0.5) is 5.69 Å². The summed E-state index contributed by atoms with van der Waals surface area (Å²) in [6, 6.07) is 18.5. The number of thioether (sulfide) groups is 1. The van der Waals surface area contributed by atoms with Crippen molar-refractivity contribution >= 4 is 35.1 Å². The normalized spacial score (nSPS) is 13.5. The molecule has 10 heteroatoms. The van der Waals surface area contributed by atoms with Crippen LogP contribution in [-0.4, -0.2) is 43.6 Å². The summed E-state index contributed by atoms with van der Waals surface area (Å²) in [7, 11) is 0. The topological polar surface area (TPSA) is 105 Å². The lowest BCUT2D eigenvalue weighted by atomic mass is 10.3. The van der Waals surface area contributed by atoms with E-state index in [1.54, 1.807) is 16.8 Å². The predicted octanol–water partition coefficient (Wildman–Crippen LogP) is 1.62. The van der Waals surface area contributed by atoms with Crippen LogP contribution < -0.4 is 10.3 Å². The molecule has 0 saturated heterocycles. The molecule has 0 aliphatic carbocycles. The highest BCUT2D eigenvalue weighted by Gasteiger charge is 2.26. The molecule has 0 radical (unpaired) electrons.